The second-order valence-corrected chi connectivity index (χ2v) is 11.4. The largest absolute Gasteiger partial charge is 0.490 e. The van der Waals surface area contributed by atoms with Crippen LogP contribution in [0.25, 0.3) is 33.5 Å². The lowest BCUT2D eigenvalue weighted by atomic mass is 10.2. The van der Waals surface area contributed by atoms with E-state index in [1.54, 1.807) is 30.3 Å². The van der Waals surface area contributed by atoms with E-state index in [0.717, 1.165) is 15.4 Å². The lowest BCUT2D eigenvalue weighted by Gasteiger charge is -2.14. The highest BCUT2D eigenvalue weighted by Gasteiger charge is 2.18. The lowest BCUT2D eigenvalue weighted by Crippen LogP contribution is -2.20. The fraction of sp³-hybridized carbons (Fsp3) is 0.118. The van der Waals surface area contributed by atoms with Gasteiger partial charge in [0, 0.05) is 15.5 Å². The molecule has 0 fully saturated rings. The standard InChI is InChI=1S/C34H26BrClN4O5/c1-3-43-29-15-21(14-26(36)32(29)44-19-31(41)38-24-11-8-20(2)9-12-24)18-37-40-33(39-27-7-5-4-6-25(27)34(40)42)30-17-22-16-23(35)10-13-28(22)45-30/h4-18H,3,19H2,1-2H3,(H,38,41). The van der Waals surface area contributed by atoms with Crippen LogP contribution < -0.4 is 20.3 Å². The number of aryl methyl sites for hydroxylation is 1. The molecule has 6 aromatic rings. The molecule has 9 nitrogen and oxygen atoms in total. The van der Waals surface area contributed by atoms with Gasteiger partial charge in [-0.2, -0.15) is 9.78 Å². The molecular weight excluding hydrogens is 660 g/mol. The molecule has 0 aliphatic carbocycles. The van der Waals surface area contributed by atoms with Crippen molar-refractivity contribution >= 4 is 67.2 Å². The first kappa shape index (κ1) is 30.1. The number of hydrogen-bond donors (Lipinski definition) is 1. The summed E-state index contributed by atoms with van der Waals surface area (Å²) >= 11 is 10.1. The predicted molar refractivity (Wildman–Crippen MR) is 180 cm³/mol. The van der Waals surface area contributed by atoms with Gasteiger partial charge in [0.15, 0.2) is 23.9 Å². The molecule has 2 aromatic heterocycles. The summed E-state index contributed by atoms with van der Waals surface area (Å²) in [5.74, 6) is 0.799. The number of furan rings is 1. The number of carbonyl (C=O) groups is 1. The lowest BCUT2D eigenvalue weighted by molar-refractivity contribution is -0.118. The molecule has 0 saturated carbocycles. The van der Waals surface area contributed by atoms with Crippen molar-refractivity contribution in [2.45, 2.75) is 13.8 Å². The summed E-state index contributed by atoms with van der Waals surface area (Å²) in [6.07, 6.45) is 1.48. The molecule has 0 aliphatic heterocycles. The second-order valence-electron chi connectivity index (χ2n) is 10.1. The Hall–Kier alpha value is -4.93. The Balaban J connectivity index is 1.33. The van der Waals surface area contributed by atoms with Crippen LogP contribution in [0.2, 0.25) is 5.02 Å². The smallest absolute Gasteiger partial charge is 0.282 e. The Morgan fingerprint density at radius 1 is 1.07 bits per heavy atom. The molecule has 2 heterocycles. The molecule has 11 heteroatoms. The maximum absolute atomic E-state index is 13.7. The van der Waals surface area contributed by atoms with Gasteiger partial charge in [-0.25, -0.2) is 4.98 Å². The van der Waals surface area contributed by atoms with E-state index >= 15 is 0 Å². The molecule has 0 saturated heterocycles. The summed E-state index contributed by atoms with van der Waals surface area (Å²) in [5.41, 5.74) is 3.05. The van der Waals surface area contributed by atoms with Crippen molar-refractivity contribution in [3.05, 3.63) is 116 Å². The zero-order chi connectivity index (χ0) is 31.5. The third-order valence-electron chi connectivity index (χ3n) is 6.79. The van der Waals surface area contributed by atoms with Gasteiger partial charge in [-0.1, -0.05) is 57.4 Å². The molecule has 0 spiro atoms. The first-order chi connectivity index (χ1) is 21.8. The molecule has 226 valence electrons. The van der Waals surface area contributed by atoms with Gasteiger partial charge in [0.05, 0.1) is 28.7 Å². The Bertz CT molecular complexity index is 2140. The third-order valence-corrected chi connectivity index (χ3v) is 7.56. The van der Waals surface area contributed by atoms with E-state index in [-0.39, 0.29) is 34.7 Å². The highest BCUT2D eigenvalue weighted by molar-refractivity contribution is 9.10. The topological polar surface area (TPSA) is 108 Å². The van der Waals surface area contributed by atoms with Crippen LogP contribution in [0.4, 0.5) is 5.69 Å². The maximum atomic E-state index is 13.7. The van der Waals surface area contributed by atoms with Gasteiger partial charge in [-0.15, -0.1) is 0 Å². The van der Waals surface area contributed by atoms with E-state index in [2.05, 4.69) is 26.3 Å². The van der Waals surface area contributed by atoms with Gasteiger partial charge in [0.25, 0.3) is 11.5 Å². The van der Waals surface area contributed by atoms with Gasteiger partial charge in [-0.05, 0) is 80.1 Å². The van der Waals surface area contributed by atoms with Crippen molar-refractivity contribution in [2.24, 2.45) is 5.10 Å². The van der Waals surface area contributed by atoms with Crippen molar-refractivity contribution in [3.63, 3.8) is 0 Å². The minimum atomic E-state index is -0.371. The minimum Gasteiger partial charge on any atom is -0.490 e. The number of para-hydroxylation sites is 1. The molecule has 45 heavy (non-hydrogen) atoms. The number of rotatable bonds is 9. The molecule has 1 N–H and O–H groups in total. The number of halogens is 2. The summed E-state index contributed by atoms with van der Waals surface area (Å²) in [7, 11) is 0. The molecule has 1 amide bonds. The number of nitrogens with zero attached hydrogens (tertiary/aromatic N) is 3. The van der Waals surface area contributed by atoms with E-state index in [4.69, 9.17) is 30.5 Å². The minimum absolute atomic E-state index is 0.206. The van der Waals surface area contributed by atoms with Crippen LogP contribution in [0.5, 0.6) is 11.5 Å². The summed E-state index contributed by atoms with van der Waals surface area (Å²) in [6.45, 7) is 3.83. The predicted octanol–water partition coefficient (Wildman–Crippen LogP) is 7.83. The molecular formula is C34H26BrClN4O5. The number of benzene rings is 4. The van der Waals surface area contributed by atoms with Gasteiger partial charge in [0.1, 0.15) is 5.58 Å². The number of carbonyl (C=O) groups excluding carboxylic acids is 1. The fourth-order valence-corrected chi connectivity index (χ4v) is 5.33. The first-order valence-electron chi connectivity index (χ1n) is 14.0. The highest BCUT2D eigenvalue weighted by atomic mass is 79.9. The van der Waals surface area contributed by atoms with Gasteiger partial charge >= 0.3 is 0 Å². The number of hydrogen-bond acceptors (Lipinski definition) is 7. The van der Waals surface area contributed by atoms with Crippen LogP contribution in [-0.4, -0.2) is 35.0 Å². The molecule has 0 unspecified atom stereocenters. The number of aromatic nitrogens is 2. The number of amides is 1. The van der Waals surface area contributed by atoms with Crippen molar-refractivity contribution in [1.82, 2.24) is 9.66 Å². The van der Waals surface area contributed by atoms with Gasteiger partial charge in [-0.3, -0.25) is 9.59 Å². The van der Waals surface area contributed by atoms with Crippen LogP contribution >= 0.6 is 27.5 Å². The van der Waals surface area contributed by atoms with Crippen molar-refractivity contribution in [1.29, 1.82) is 0 Å². The van der Waals surface area contributed by atoms with Crippen LogP contribution in [0.15, 0.2) is 104 Å². The maximum Gasteiger partial charge on any atom is 0.282 e. The van der Waals surface area contributed by atoms with Crippen molar-refractivity contribution in [2.75, 3.05) is 18.5 Å². The molecule has 4 aromatic carbocycles. The summed E-state index contributed by atoms with van der Waals surface area (Å²) in [6, 6.07) is 25.2. The number of ether oxygens (including phenoxy) is 2. The molecule has 0 aliphatic rings. The molecule has 6 rings (SSSR count). The Labute approximate surface area is 271 Å². The molecule has 0 atom stereocenters. The van der Waals surface area contributed by atoms with Crippen LogP contribution in [0.3, 0.4) is 0 Å². The van der Waals surface area contributed by atoms with Crippen LogP contribution in [0, 0.1) is 6.92 Å². The third kappa shape index (κ3) is 6.62. The molecule has 0 bridgehead atoms. The SMILES string of the molecule is CCOc1cc(C=Nn2c(-c3cc4cc(Br)ccc4o3)nc3ccccc3c2=O)cc(Cl)c1OCC(=O)Nc1ccc(C)cc1. The van der Waals surface area contributed by atoms with E-state index in [0.29, 0.717) is 45.9 Å². The highest BCUT2D eigenvalue weighted by Crippen LogP contribution is 2.36. The van der Waals surface area contributed by atoms with Crippen LogP contribution in [-0.2, 0) is 4.79 Å². The monoisotopic (exact) mass is 684 g/mol. The Morgan fingerprint density at radius 3 is 2.67 bits per heavy atom. The van der Waals surface area contributed by atoms with Gasteiger partial charge in [0.2, 0.25) is 5.82 Å². The van der Waals surface area contributed by atoms with Crippen LogP contribution in [0.1, 0.15) is 18.1 Å². The normalized spacial score (nSPS) is 11.4. The number of nitrogens with one attached hydrogen (secondary N) is 1. The summed E-state index contributed by atoms with van der Waals surface area (Å²) < 4.78 is 19.7. The number of fused-ring (bicyclic) bond motifs is 2. The van der Waals surface area contributed by atoms with Gasteiger partial charge < -0.3 is 19.2 Å². The first-order valence-corrected chi connectivity index (χ1v) is 15.2. The van der Waals surface area contributed by atoms with E-state index in [1.165, 1.54) is 10.9 Å². The zero-order valence-corrected chi connectivity index (χ0v) is 26.6. The average molecular weight is 686 g/mol. The quantitative estimate of drug-likeness (QED) is 0.156. The second kappa shape index (κ2) is 13.0. The Morgan fingerprint density at radius 2 is 1.87 bits per heavy atom. The van der Waals surface area contributed by atoms with Crippen molar-refractivity contribution < 1.29 is 18.7 Å². The van der Waals surface area contributed by atoms with E-state index in [1.807, 2.05) is 68.4 Å². The van der Waals surface area contributed by atoms with E-state index in [9.17, 15) is 9.59 Å². The number of anilines is 1. The Kier molecular flexibility index (Phi) is 8.68. The zero-order valence-electron chi connectivity index (χ0n) is 24.2. The van der Waals surface area contributed by atoms with Crippen molar-refractivity contribution in [3.8, 4) is 23.1 Å². The fourth-order valence-electron chi connectivity index (χ4n) is 4.68. The summed E-state index contributed by atoms with van der Waals surface area (Å²) in [5, 5.41) is 8.76. The van der Waals surface area contributed by atoms with E-state index < -0.39 is 0 Å². The summed E-state index contributed by atoms with van der Waals surface area (Å²) in [4.78, 5) is 30.9. The molecule has 0 radical (unpaired) electrons. The average Bonchev–Trinajstić information content (AvgIpc) is 3.44.